The lowest BCUT2D eigenvalue weighted by molar-refractivity contribution is -0.141. The predicted molar refractivity (Wildman–Crippen MR) is 103 cm³/mol. The van der Waals surface area contributed by atoms with Crippen molar-refractivity contribution in [3.8, 4) is 22.1 Å². The van der Waals surface area contributed by atoms with E-state index in [1.807, 2.05) is 0 Å². The zero-order chi connectivity index (χ0) is 20.9. The molecule has 1 amide bonds. The van der Waals surface area contributed by atoms with Crippen LogP contribution in [0.3, 0.4) is 0 Å². The fourth-order valence-corrected chi connectivity index (χ4v) is 3.46. The molecular weight excluding hydrogens is 405 g/mol. The van der Waals surface area contributed by atoms with Crippen molar-refractivity contribution >= 4 is 17.2 Å². The number of rotatable bonds is 7. The lowest BCUT2D eigenvalue weighted by Crippen LogP contribution is -2.29. The molecule has 0 unspecified atom stereocenters. The number of nitrogens with zero attached hydrogens (tertiary/aromatic N) is 1. The predicted octanol–water partition coefficient (Wildman–Crippen LogP) is 4.65. The van der Waals surface area contributed by atoms with E-state index in [9.17, 15) is 18.0 Å². The average molecular weight is 422 g/mol. The Balaban J connectivity index is 1.65. The van der Waals surface area contributed by atoms with Gasteiger partial charge in [0.1, 0.15) is 28.0 Å². The molecule has 0 radical (unpaired) electrons. The molecule has 5 nitrogen and oxygen atoms in total. The second-order valence-corrected chi connectivity index (χ2v) is 6.84. The molecule has 1 heterocycles. The molecule has 0 aliphatic carbocycles. The van der Waals surface area contributed by atoms with E-state index in [2.05, 4.69) is 10.3 Å². The molecule has 9 heteroatoms. The van der Waals surface area contributed by atoms with Crippen LogP contribution in [0.1, 0.15) is 15.4 Å². The average Bonchev–Trinajstić information content (AvgIpc) is 3.18. The van der Waals surface area contributed by atoms with E-state index < -0.39 is 22.7 Å². The number of thiazole rings is 1. The van der Waals surface area contributed by atoms with Crippen LogP contribution in [0.4, 0.5) is 13.2 Å². The monoisotopic (exact) mass is 422 g/mol. The van der Waals surface area contributed by atoms with Gasteiger partial charge in [0.15, 0.2) is 5.69 Å². The molecule has 29 heavy (non-hydrogen) atoms. The van der Waals surface area contributed by atoms with E-state index in [4.69, 9.17) is 9.47 Å². The third kappa shape index (κ3) is 5.26. The number of nitrogens with one attached hydrogen (secondary N) is 1. The number of ether oxygens (including phenoxy) is 2. The van der Waals surface area contributed by atoms with Crippen molar-refractivity contribution in [2.24, 2.45) is 0 Å². The number of carbonyl (C=O) groups excluding carboxylic acids is 1. The number of amides is 1. The summed E-state index contributed by atoms with van der Waals surface area (Å²) in [5.74, 6) is 0.389. The number of halogens is 3. The summed E-state index contributed by atoms with van der Waals surface area (Å²) in [5.41, 5.74) is -0.667. The molecule has 0 spiro atoms. The highest BCUT2D eigenvalue weighted by atomic mass is 32.1. The summed E-state index contributed by atoms with van der Waals surface area (Å²) >= 11 is 0.708. The van der Waals surface area contributed by atoms with E-state index >= 15 is 0 Å². The molecule has 0 saturated heterocycles. The first-order valence-electron chi connectivity index (χ1n) is 8.57. The fraction of sp³-hybridized carbons (Fsp3) is 0.200. The fourth-order valence-electron chi connectivity index (χ4n) is 2.46. The minimum absolute atomic E-state index is 0.0424. The lowest BCUT2D eigenvalue weighted by Gasteiger charge is -2.09. The number of aromatic nitrogens is 1. The van der Waals surface area contributed by atoms with Gasteiger partial charge in [0.25, 0.3) is 5.91 Å². The molecule has 2 aromatic carbocycles. The van der Waals surface area contributed by atoms with Crippen molar-refractivity contribution < 1.29 is 27.4 Å². The zero-order valence-corrected chi connectivity index (χ0v) is 16.1. The van der Waals surface area contributed by atoms with Crippen LogP contribution in [-0.4, -0.2) is 31.2 Å². The maximum absolute atomic E-state index is 13.3. The minimum Gasteiger partial charge on any atom is -0.497 e. The minimum atomic E-state index is -4.73. The van der Waals surface area contributed by atoms with Gasteiger partial charge >= 0.3 is 6.18 Å². The Kier molecular flexibility index (Phi) is 6.38. The summed E-state index contributed by atoms with van der Waals surface area (Å²) in [6, 6.07) is 15.2. The molecule has 152 valence electrons. The normalized spacial score (nSPS) is 11.2. The molecule has 0 bridgehead atoms. The van der Waals surface area contributed by atoms with Crippen molar-refractivity contribution in [2.45, 2.75) is 6.18 Å². The van der Waals surface area contributed by atoms with Gasteiger partial charge < -0.3 is 14.8 Å². The Morgan fingerprint density at radius 3 is 2.34 bits per heavy atom. The van der Waals surface area contributed by atoms with Crippen LogP contribution in [0.25, 0.3) is 10.6 Å². The molecule has 0 aliphatic heterocycles. The van der Waals surface area contributed by atoms with Gasteiger partial charge in [0.05, 0.1) is 13.7 Å². The first kappa shape index (κ1) is 20.7. The van der Waals surface area contributed by atoms with E-state index in [1.165, 1.54) is 0 Å². The molecule has 0 saturated carbocycles. The van der Waals surface area contributed by atoms with Crippen molar-refractivity contribution in [1.82, 2.24) is 10.3 Å². The Morgan fingerprint density at radius 2 is 1.72 bits per heavy atom. The number of hydrogen-bond donors (Lipinski definition) is 1. The van der Waals surface area contributed by atoms with Gasteiger partial charge in [-0.05, 0) is 24.3 Å². The second-order valence-electron chi connectivity index (χ2n) is 5.84. The summed E-state index contributed by atoms with van der Waals surface area (Å²) in [6.07, 6.45) is -4.73. The Labute approximate surface area is 169 Å². The Morgan fingerprint density at radius 1 is 1.07 bits per heavy atom. The molecule has 0 atom stereocenters. The number of benzene rings is 2. The van der Waals surface area contributed by atoms with E-state index in [0.29, 0.717) is 28.4 Å². The van der Waals surface area contributed by atoms with Crippen molar-refractivity contribution in [3.05, 3.63) is 65.2 Å². The standard InChI is InChI=1S/C20H17F3N2O3S/c1-27-14-7-9-15(10-8-14)28-12-11-24-18(26)16-17(20(21,22)23)25-19(29-16)13-5-3-2-4-6-13/h2-10H,11-12H2,1H3,(H,24,26). The van der Waals surface area contributed by atoms with E-state index in [-0.39, 0.29) is 18.2 Å². The summed E-state index contributed by atoms with van der Waals surface area (Å²) in [6.45, 7) is 0.143. The van der Waals surface area contributed by atoms with Crippen LogP contribution in [0.2, 0.25) is 0 Å². The topological polar surface area (TPSA) is 60.5 Å². The van der Waals surface area contributed by atoms with Crippen LogP contribution >= 0.6 is 11.3 Å². The lowest BCUT2D eigenvalue weighted by atomic mass is 10.2. The van der Waals surface area contributed by atoms with Crippen molar-refractivity contribution in [3.63, 3.8) is 0 Å². The van der Waals surface area contributed by atoms with Crippen LogP contribution in [0.15, 0.2) is 54.6 Å². The largest absolute Gasteiger partial charge is 0.497 e. The van der Waals surface area contributed by atoms with Gasteiger partial charge in [-0.2, -0.15) is 13.2 Å². The smallest absolute Gasteiger partial charge is 0.435 e. The van der Waals surface area contributed by atoms with Crippen molar-refractivity contribution in [1.29, 1.82) is 0 Å². The first-order valence-corrected chi connectivity index (χ1v) is 9.38. The quantitative estimate of drug-likeness (QED) is 0.564. The highest BCUT2D eigenvalue weighted by Gasteiger charge is 2.39. The van der Waals surface area contributed by atoms with Gasteiger partial charge in [-0.3, -0.25) is 4.79 Å². The molecule has 1 N–H and O–H groups in total. The third-order valence-electron chi connectivity index (χ3n) is 3.84. The number of hydrogen-bond acceptors (Lipinski definition) is 5. The second kappa shape index (κ2) is 8.95. The van der Waals surface area contributed by atoms with Gasteiger partial charge in [-0.25, -0.2) is 4.98 Å². The maximum atomic E-state index is 13.3. The highest BCUT2D eigenvalue weighted by Crippen LogP contribution is 2.37. The van der Waals surface area contributed by atoms with Crippen LogP contribution in [0, 0.1) is 0 Å². The SMILES string of the molecule is COc1ccc(OCCNC(=O)c2sc(-c3ccccc3)nc2C(F)(F)F)cc1. The molecular formula is C20H17F3N2O3S. The Hall–Kier alpha value is -3.07. The van der Waals surface area contributed by atoms with Crippen LogP contribution in [0.5, 0.6) is 11.5 Å². The van der Waals surface area contributed by atoms with Gasteiger partial charge in [-0.15, -0.1) is 11.3 Å². The first-order chi connectivity index (χ1) is 13.9. The molecule has 1 aromatic heterocycles. The number of methoxy groups -OCH3 is 1. The summed E-state index contributed by atoms with van der Waals surface area (Å²) in [5, 5.41) is 2.59. The van der Waals surface area contributed by atoms with Gasteiger partial charge in [-0.1, -0.05) is 30.3 Å². The van der Waals surface area contributed by atoms with Crippen LogP contribution < -0.4 is 14.8 Å². The number of alkyl halides is 3. The summed E-state index contributed by atoms with van der Waals surface area (Å²) in [4.78, 5) is 15.5. The Bertz CT molecular complexity index is 957. The third-order valence-corrected chi connectivity index (χ3v) is 4.94. The van der Waals surface area contributed by atoms with Gasteiger partial charge in [0.2, 0.25) is 0 Å². The number of carbonyl (C=O) groups is 1. The molecule has 3 rings (SSSR count). The zero-order valence-electron chi connectivity index (χ0n) is 15.3. The van der Waals surface area contributed by atoms with Crippen molar-refractivity contribution in [2.75, 3.05) is 20.3 Å². The van der Waals surface area contributed by atoms with E-state index in [1.54, 1.807) is 61.7 Å². The van der Waals surface area contributed by atoms with Crippen LogP contribution in [-0.2, 0) is 6.18 Å². The highest BCUT2D eigenvalue weighted by molar-refractivity contribution is 7.17. The summed E-state index contributed by atoms with van der Waals surface area (Å²) < 4.78 is 50.5. The molecule has 0 aliphatic rings. The van der Waals surface area contributed by atoms with E-state index in [0.717, 1.165) is 0 Å². The molecule has 0 fully saturated rings. The maximum Gasteiger partial charge on any atom is 0.435 e. The van der Waals surface area contributed by atoms with Gasteiger partial charge in [0, 0.05) is 5.56 Å². The molecule has 3 aromatic rings. The summed E-state index contributed by atoms with van der Waals surface area (Å²) in [7, 11) is 1.54.